The topological polar surface area (TPSA) is 40.6 Å². The highest BCUT2D eigenvalue weighted by molar-refractivity contribution is 6.17. The van der Waals surface area contributed by atoms with Crippen LogP contribution in [0.5, 0.6) is 0 Å². The molecule has 3 atom stereocenters. The molecule has 4 rings (SSSR count). The van der Waals surface area contributed by atoms with Gasteiger partial charge in [0.05, 0.1) is 11.6 Å². The Bertz CT molecular complexity index is 857. The Morgan fingerprint density at radius 1 is 0.893 bits per heavy atom. The van der Waals surface area contributed by atoms with Crippen LogP contribution in [0.2, 0.25) is 0 Å². The Balaban J connectivity index is 1.72. The number of para-hydroxylation sites is 1. The van der Waals surface area contributed by atoms with E-state index in [1.54, 1.807) is 0 Å². The Morgan fingerprint density at radius 3 is 2.11 bits per heavy atom. The van der Waals surface area contributed by atoms with Crippen molar-refractivity contribution in [1.82, 2.24) is 4.90 Å². The highest BCUT2D eigenvalue weighted by Gasteiger charge is 2.53. The van der Waals surface area contributed by atoms with Crippen LogP contribution >= 0.6 is 0 Å². The summed E-state index contributed by atoms with van der Waals surface area (Å²) >= 11 is 0. The molecule has 1 saturated carbocycles. The molecule has 1 heterocycles. The average Bonchev–Trinajstić information content (AvgIpc) is 3.13. The zero-order valence-corrected chi connectivity index (χ0v) is 16.8. The molecule has 0 radical (unpaired) electrons. The first kappa shape index (κ1) is 18.7. The maximum absolute atomic E-state index is 13.5. The zero-order chi connectivity index (χ0) is 19.9. The van der Waals surface area contributed by atoms with E-state index in [0.29, 0.717) is 18.2 Å². The highest BCUT2D eigenvalue weighted by atomic mass is 16.2. The molecule has 3 amide bonds. The molecule has 28 heavy (non-hydrogen) atoms. The van der Waals surface area contributed by atoms with E-state index in [9.17, 15) is 9.59 Å². The number of rotatable bonds is 3. The summed E-state index contributed by atoms with van der Waals surface area (Å²) in [5, 5.41) is 0. The van der Waals surface area contributed by atoms with Gasteiger partial charge in [-0.1, -0.05) is 69.3 Å². The fraction of sp³-hybridized carbons (Fsp3) is 0.417. The summed E-state index contributed by atoms with van der Waals surface area (Å²) in [6, 6.07) is 19.2. The Kier molecular flexibility index (Phi) is 4.74. The molecule has 4 nitrogen and oxygen atoms in total. The number of hydrogen-bond acceptors (Lipinski definition) is 2. The molecule has 146 valence electrons. The summed E-state index contributed by atoms with van der Waals surface area (Å²) < 4.78 is 0. The predicted octanol–water partition coefficient (Wildman–Crippen LogP) is 5.10. The van der Waals surface area contributed by atoms with Crippen molar-refractivity contribution in [3.63, 3.8) is 0 Å². The van der Waals surface area contributed by atoms with Crippen molar-refractivity contribution < 1.29 is 9.59 Å². The molecular weight excluding hydrogens is 348 g/mol. The van der Waals surface area contributed by atoms with Crippen molar-refractivity contribution >= 4 is 17.6 Å². The molecule has 2 fully saturated rings. The predicted molar refractivity (Wildman–Crippen MR) is 111 cm³/mol. The van der Waals surface area contributed by atoms with Gasteiger partial charge in [0.2, 0.25) is 5.91 Å². The van der Waals surface area contributed by atoms with Crippen molar-refractivity contribution in [2.75, 3.05) is 4.90 Å². The fourth-order valence-electron chi connectivity index (χ4n) is 4.64. The molecule has 2 aromatic rings. The third-order valence-electron chi connectivity index (χ3n) is 6.34. The largest absolute Gasteiger partial charge is 0.331 e. The summed E-state index contributed by atoms with van der Waals surface area (Å²) in [5.74, 6) is 0.247. The number of benzene rings is 2. The van der Waals surface area contributed by atoms with Crippen LogP contribution in [0.1, 0.15) is 39.2 Å². The van der Waals surface area contributed by atoms with Gasteiger partial charge in [-0.15, -0.1) is 0 Å². The number of hydrogen-bond donors (Lipinski definition) is 0. The van der Waals surface area contributed by atoms with Crippen molar-refractivity contribution in [3.05, 3.63) is 66.2 Å². The van der Waals surface area contributed by atoms with Gasteiger partial charge in [-0.3, -0.25) is 4.79 Å². The highest BCUT2D eigenvalue weighted by Crippen LogP contribution is 2.47. The minimum absolute atomic E-state index is 0.0237. The van der Waals surface area contributed by atoms with E-state index in [0.717, 1.165) is 18.4 Å². The van der Waals surface area contributed by atoms with Gasteiger partial charge < -0.3 is 4.90 Å². The lowest BCUT2D eigenvalue weighted by atomic mass is 9.79. The van der Waals surface area contributed by atoms with Crippen LogP contribution in [-0.2, 0) is 11.3 Å². The SMILES string of the molecule is CC(C)(C)C1CC2C(=O)N(c3ccccc3)C(=O)N(Cc3ccccc3)C2C1. The molecule has 1 aliphatic heterocycles. The molecule has 4 heteroatoms. The number of urea groups is 1. The number of fused-ring (bicyclic) bond motifs is 1. The lowest BCUT2D eigenvalue weighted by molar-refractivity contribution is -0.124. The van der Waals surface area contributed by atoms with Crippen molar-refractivity contribution in [1.29, 1.82) is 0 Å². The summed E-state index contributed by atoms with van der Waals surface area (Å²) in [4.78, 5) is 30.2. The van der Waals surface area contributed by atoms with Gasteiger partial charge in [-0.05, 0) is 41.9 Å². The number of nitrogens with zero attached hydrogens (tertiary/aromatic N) is 2. The summed E-state index contributed by atoms with van der Waals surface area (Å²) in [6.07, 6.45) is 1.73. The van der Waals surface area contributed by atoms with Crippen LogP contribution in [0.25, 0.3) is 0 Å². The normalized spacial score (nSPS) is 25.2. The number of carbonyl (C=O) groups excluding carboxylic acids is 2. The van der Waals surface area contributed by atoms with Gasteiger partial charge in [-0.25, -0.2) is 9.69 Å². The van der Waals surface area contributed by atoms with Crippen molar-refractivity contribution in [3.8, 4) is 0 Å². The van der Waals surface area contributed by atoms with E-state index in [-0.39, 0.29) is 29.3 Å². The Morgan fingerprint density at radius 2 is 1.50 bits per heavy atom. The van der Waals surface area contributed by atoms with Crippen LogP contribution < -0.4 is 4.90 Å². The van der Waals surface area contributed by atoms with E-state index in [1.807, 2.05) is 65.6 Å². The van der Waals surface area contributed by atoms with Crippen molar-refractivity contribution in [2.45, 2.75) is 46.2 Å². The Labute approximate surface area is 167 Å². The Hall–Kier alpha value is -2.62. The third-order valence-corrected chi connectivity index (χ3v) is 6.34. The second-order valence-corrected chi connectivity index (χ2v) is 9.11. The standard InChI is InChI=1S/C24H28N2O2/c1-24(2,3)18-14-20-21(15-18)25(16-17-10-6-4-7-11-17)23(28)26(22(20)27)19-12-8-5-9-13-19/h4-13,18,20-21H,14-16H2,1-3H3. The molecular formula is C24H28N2O2. The van der Waals surface area contributed by atoms with Crippen LogP contribution in [0, 0.1) is 17.3 Å². The molecule has 1 aliphatic carbocycles. The molecule has 1 saturated heterocycles. The maximum Gasteiger partial charge on any atom is 0.331 e. The first-order valence-corrected chi connectivity index (χ1v) is 10.1. The minimum atomic E-state index is -0.198. The van der Waals surface area contributed by atoms with Gasteiger partial charge >= 0.3 is 6.03 Å². The number of amides is 3. The zero-order valence-electron chi connectivity index (χ0n) is 16.8. The van der Waals surface area contributed by atoms with E-state index >= 15 is 0 Å². The first-order chi connectivity index (χ1) is 13.4. The van der Waals surface area contributed by atoms with Crippen LogP contribution in [-0.4, -0.2) is 22.9 Å². The maximum atomic E-state index is 13.5. The number of carbonyl (C=O) groups is 2. The number of anilines is 1. The van der Waals surface area contributed by atoms with Gasteiger partial charge in [0, 0.05) is 12.6 Å². The molecule has 2 aromatic carbocycles. The average molecular weight is 377 g/mol. The van der Waals surface area contributed by atoms with Crippen LogP contribution in [0.15, 0.2) is 60.7 Å². The molecule has 0 bridgehead atoms. The van der Waals surface area contributed by atoms with Crippen LogP contribution in [0.3, 0.4) is 0 Å². The lowest BCUT2D eigenvalue weighted by Gasteiger charge is -2.42. The molecule has 0 N–H and O–H groups in total. The van der Waals surface area contributed by atoms with E-state index in [2.05, 4.69) is 20.8 Å². The van der Waals surface area contributed by atoms with Gasteiger partial charge in [0.1, 0.15) is 0 Å². The number of imide groups is 1. The van der Waals surface area contributed by atoms with E-state index < -0.39 is 0 Å². The van der Waals surface area contributed by atoms with Gasteiger partial charge in [0.25, 0.3) is 0 Å². The molecule has 0 aromatic heterocycles. The third kappa shape index (κ3) is 3.32. The summed E-state index contributed by atoms with van der Waals surface area (Å²) in [7, 11) is 0. The first-order valence-electron chi connectivity index (χ1n) is 10.1. The van der Waals surface area contributed by atoms with Crippen LogP contribution in [0.4, 0.5) is 10.5 Å². The fourth-order valence-corrected chi connectivity index (χ4v) is 4.64. The second kappa shape index (κ2) is 7.08. The van der Waals surface area contributed by atoms with Gasteiger partial charge in [0.15, 0.2) is 0 Å². The summed E-state index contributed by atoms with van der Waals surface area (Å²) in [6.45, 7) is 7.24. The smallest absolute Gasteiger partial charge is 0.316 e. The lowest BCUT2D eigenvalue weighted by Crippen LogP contribution is -2.60. The summed E-state index contributed by atoms with van der Waals surface area (Å²) in [5.41, 5.74) is 1.88. The molecule has 3 unspecified atom stereocenters. The van der Waals surface area contributed by atoms with E-state index in [1.165, 1.54) is 4.90 Å². The van der Waals surface area contributed by atoms with E-state index in [4.69, 9.17) is 0 Å². The molecule has 2 aliphatic rings. The second-order valence-electron chi connectivity index (χ2n) is 9.11. The van der Waals surface area contributed by atoms with Gasteiger partial charge in [-0.2, -0.15) is 0 Å². The molecule has 0 spiro atoms. The van der Waals surface area contributed by atoms with Crippen molar-refractivity contribution in [2.24, 2.45) is 17.3 Å². The quantitative estimate of drug-likeness (QED) is 0.748. The minimum Gasteiger partial charge on any atom is -0.316 e. The monoisotopic (exact) mass is 376 g/mol.